The number of carbonyl (C=O) groups excluding carboxylic acids is 2. The number of piperidine rings is 1. The van der Waals surface area contributed by atoms with Crippen LogP contribution in [0.5, 0.6) is 17.5 Å². The summed E-state index contributed by atoms with van der Waals surface area (Å²) in [5.41, 5.74) is 12.5. The number of aryl methyl sites for hydroxylation is 2. The van der Waals surface area contributed by atoms with Crippen molar-refractivity contribution in [2.24, 2.45) is 5.92 Å². The third-order valence-corrected chi connectivity index (χ3v) is 16.5. The number of aliphatic hydroxyl groups is 1. The van der Waals surface area contributed by atoms with E-state index in [1.54, 1.807) is 18.2 Å². The quantitative estimate of drug-likeness (QED) is 0.0717. The Hall–Kier alpha value is -7.29. The molecule has 1 unspecified atom stereocenters. The number of pyridine rings is 1. The summed E-state index contributed by atoms with van der Waals surface area (Å²) in [5.74, 6) is 1.21. The number of hydrogen-bond donors (Lipinski definition) is 4. The predicted octanol–water partition coefficient (Wildman–Crippen LogP) is 6.52. The molecular weight excluding hydrogens is 993 g/mol. The van der Waals surface area contributed by atoms with E-state index in [1.807, 2.05) is 89.5 Å². The number of imidazole rings is 1. The van der Waals surface area contributed by atoms with Crippen molar-refractivity contribution in [2.75, 3.05) is 61.4 Å². The summed E-state index contributed by atoms with van der Waals surface area (Å²) in [5, 5.41) is 37.0. The number of amides is 2. The first kappa shape index (κ1) is 52.7. The molecule has 20 nitrogen and oxygen atoms in total. The molecule has 4 aromatic heterocycles. The molecule has 412 valence electrons. The summed E-state index contributed by atoms with van der Waals surface area (Å²) >= 11 is 0. The fraction of sp³-hybridized carbons (Fsp3) is 0.500. The van der Waals surface area contributed by atoms with Gasteiger partial charge in [-0.25, -0.2) is 9.97 Å². The van der Waals surface area contributed by atoms with Gasteiger partial charge in [-0.2, -0.15) is 0 Å². The molecule has 78 heavy (non-hydrogen) atoms. The van der Waals surface area contributed by atoms with Crippen molar-refractivity contribution in [3.8, 4) is 34.5 Å². The Morgan fingerprint density at radius 1 is 0.846 bits per heavy atom. The number of para-hydroxylation sites is 1. The highest BCUT2D eigenvalue weighted by Gasteiger charge is 2.45. The molecule has 8 heterocycles. The van der Waals surface area contributed by atoms with Gasteiger partial charge in [0.2, 0.25) is 17.7 Å². The molecule has 2 aromatic carbocycles. The first-order valence-corrected chi connectivity index (χ1v) is 27.7. The highest BCUT2D eigenvalue weighted by molar-refractivity contribution is 5.91. The van der Waals surface area contributed by atoms with Crippen LogP contribution in [0, 0.1) is 19.8 Å². The third-order valence-electron chi connectivity index (χ3n) is 16.5. The van der Waals surface area contributed by atoms with Crippen LogP contribution in [0.25, 0.3) is 16.9 Å². The largest absolute Gasteiger partial charge is 0.507 e. The van der Waals surface area contributed by atoms with Crippen molar-refractivity contribution in [1.82, 2.24) is 45.0 Å². The number of aromatic nitrogens is 6. The molecule has 5 fully saturated rings. The molecule has 20 heteroatoms. The number of piperazine rings is 1. The first-order chi connectivity index (χ1) is 37.7. The van der Waals surface area contributed by atoms with Crippen molar-refractivity contribution < 1.29 is 38.5 Å². The van der Waals surface area contributed by atoms with Crippen LogP contribution < -0.4 is 30.3 Å². The Balaban J connectivity index is 0.602. The minimum Gasteiger partial charge on any atom is -0.507 e. The number of fused-ring (bicyclic) bond motifs is 2. The number of β-amino-alcohol motifs (C(OH)–C–C–N with tert-alkyl or cyclic N) is 1. The van der Waals surface area contributed by atoms with Crippen LogP contribution in [0.4, 0.5) is 17.2 Å². The average molecular weight is 1070 g/mol. The fourth-order valence-electron chi connectivity index (χ4n) is 12.3. The van der Waals surface area contributed by atoms with E-state index in [1.165, 1.54) is 4.90 Å². The minimum absolute atomic E-state index is 0.0483. The normalized spacial score (nSPS) is 23.3. The molecule has 5 aliphatic rings. The number of nitrogens with one attached hydrogen (secondary N) is 1. The number of aromatic hydroxyl groups is 1. The zero-order valence-electron chi connectivity index (χ0n) is 45.1. The number of phenols is 1. The number of phenolic OH excluding ortho intramolecular Hbond substituents is 1. The van der Waals surface area contributed by atoms with Crippen molar-refractivity contribution >= 4 is 29.0 Å². The number of hydrogen-bond acceptors (Lipinski definition) is 17. The number of rotatable bonds is 18. The second-order valence-corrected chi connectivity index (χ2v) is 22.2. The molecule has 4 aliphatic heterocycles. The van der Waals surface area contributed by atoms with Gasteiger partial charge < -0.3 is 59.3 Å². The average Bonchev–Trinajstić information content (AvgIpc) is 4.29. The zero-order valence-corrected chi connectivity index (χ0v) is 45.1. The smallest absolute Gasteiger partial charge is 0.254 e. The molecule has 5 N–H and O–H groups in total. The second-order valence-electron chi connectivity index (χ2n) is 22.2. The molecule has 6 aromatic rings. The van der Waals surface area contributed by atoms with Gasteiger partial charge in [0.15, 0.2) is 11.6 Å². The van der Waals surface area contributed by atoms with Gasteiger partial charge in [-0.3, -0.25) is 14.5 Å². The molecule has 11 rings (SSSR count). The van der Waals surface area contributed by atoms with Crippen LogP contribution in [0.3, 0.4) is 0 Å². The van der Waals surface area contributed by atoms with E-state index in [9.17, 15) is 19.8 Å². The number of aliphatic hydroxyl groups excluding tert-OH is 1. The topological polar surface area (TPSA) is 236 Å². The van der Waals surface area contributed by atoms with Crippen molar-refractivity contribution in [3.63, 3.8) is 0 Å². The number of ether oxygens (including phenoxy) is 3. The summed E-state index contributed by atoms with van der Waals surface area (Å²) in [6.45, 7) is 14.2. The Morgan fingerprint density at radius 2 is 1.60 bits per heavy atom. The lowest BCUT2D eigenvalue weighted by Gasteiger charge is -2.43. The van der Waals surface area contributed by atoms with Crippen molar-refractivity contribution in [3.05, 3.63) is 108 Å². The van der Waals surface area contributed by atoms with Gasteiger partial charge in [0.25, 0.3) is 5.88 Å². The van der Waals surface area contributed by atoms with E-state index in [0.717, 1.165) is 98.8 Å². The van der Waals surface area contributed by atoms with Crippen LogP contribution in [-0.2, 0) is 14.3 Å². The van der Waals surface area contributed by atoms with E-state index >= 15 is 0 Å². The number of nitrogens with two attached hydrogens (primary N) is 1. The SMILES string of the molecule is Cc1cnc(C)n1-c1ccc([C@H](C)NC(=O)[C@@H]2C[C@@H](O)CN2C(=O)[C@H](c2cc(OCCN3CCC(OC4CC(Oc5cc(N6C7CC[C@@H]6CN(c6cc(-c8ccccc8O)nnc6N)C7)ccn5)C4)CC3)no2)C(C)C)cc1. The second kappa shape index (κ2) is 22.6. The van der Waals surface area contributed by atoms with E-state index in [0.29, 0.717) is 47.7 Å². The Labute approximate surface area is 454 Å². The van der Waals surface area contributed by atoms with Crippen LogP contribution in [-0.4, -0.2) is 150 Å². The maximum atomic E-state index is 14.3. The third kappa shape index (κ3) is 11.2. The highest BCUT2D eigenvalue weighted by atomic mass is 16.5. The minimum atomic E-state index is -0.837. The highest BCUT2D eigenvalue weighted by Crippen LogP contribution is 2.41. The fourth-order valence-corrected chi connectivity index (χ4v) is 12.3. The number of anilines is 3. The van der Waals surface area contributed by atoms with E-state index in [2.05, 4.69) is 62.0 Å². The Morgan fingerprint density at radius 3 is 2.32 bits per heavy atom. The van der Waals surface area contributed by atoms with Crippen molar-refractivity contribution in [1.29, 1.82) is 0 Å². The molecule has 0 spiro atoms. The molecule has 0 radical (unpaired) electrons. The summed E-state index contributed by atoms with van der Waals surface area (Å²) < 4.78 is 26.8. The summed E-state index contributed by atoms with van der Waals surface area (Å²) in [4.78, 5) is 45.7. The first-order valence-electron chi connectivity index (χ1n) is 27.7. The lowest BCUT2D eigenvalue weighted by atomic mass is 9.91. The van der Waals surface area contributed by atoms with Gasteiger partial charge >= 0.3 is 0 Å². The van der Waals surface area contributed by atoms with Crippen LogP contribution in [0.2, 0.25) is 0 Å². The van der Waals surface area contributed by atoms with Gasteiger partial charge in [0.1, 0.15) is 36.2 Å². The molecular formula is C58H72N12O8. The van der Waals surface area contributed by atoms with Gasteiger partial charge in [0.05, 0.1) is 35.7 Å². The molecule has 1 saturated carbocycles. The van der Waals surface area contributed by atoms with Gasteiger partial charge in [-0.15, -0.1) is 10.2 Å². The lowest BCUT2D eigenvalue weighted by Crippen LogP contribution is -2.54. The summed E-state index contributed by atoms with van der Waals surface area (Å²) in [6, 6.07) is 22.3. The molecule has 2 amide bonds. The van der Waals surface area contributed by atoms with Gasteiger partial charge in [-0.05, 0) is 99.5 Å². The predicted molar refractivity (Wildman–Crippen MR) is 293 cm³/mol. The maximum Gasteiger partial charge on any atom is 0.254 e. The van der Waals surface area contributed by atoms with E-state index < -0.39 is 18.1 Å². The molecule has 6 atom stereocenters. The maximum absolute atomic E-state index is 14.3. The van der Waals surface area contributed by atoms with Gasteiger partial charge in [-0.1, -0.05) is 38.1 Å². The van der Waals surface area contributed by atoms with Crippen LogP contribution >= 0.6 is 0 Å². The molecule has 4 saturated heterocycles. The van der Waals surface area contributed by atoms with E-state index in [-0.39, 0.29) is 72.9 Å². The number of nitrogen functional groups attached to an aromatic ring is 1. The Kier molecular flexibility index (Phi) is 15.3. The Bertz CT molecular complexity index is 3030. The number of nitrogens with zero attached hydrogens (tertiary/aromatic N) is 10. The van der Waals surface area contributed by atoms with E-state index in [4.69, 9.17) is 24.5 Å². The monoisotopic (exact) mass is 1060 g/mol. The lowest BCUT2D eigenvalue weighted by molar-refractivity contribution is -0.141. The van der Waals surface area contributed by atoms with Gasteiger partial charge in [0, 0.05) is 118 Å². The summed E-state index contributed by atoms with van der Waals surface area (Å²) in [7, 11) is 0. The standard InChI is InChI=1S/C58H72N12O8/c1-34(2)55(58(74)68-33-43(71)25-50(68)57(73)62-36(4)38-10-12-39(13-11-38)69-35(3)30-61-37(69)5)52-29-54(65-78-52)75-23-22-66-20-17-44(18-21-66)76-45-26-46(27-45)77-53-24-40(16-19-60-53)70-41-14-15-42(70)32-67(31-41)49-28-48(63-64-56(49)59)47-8-6-7-9-51(47)72/h6-13,16,19,24,28-30,34,36,41-46,50,55,71-72H,14-15,17-18,20-23,25-27,31-33H2,1-5H3,(H2,59,64)(H,62,73)/t36-,41+,42?,43+,45?,46?,50-,55-/m0/s1. The summed E-state index contributed by atoms with van der Waals surface area (Å²) in [6.07, 6.45) is 9.04. The molecule has 1 aliphatic carbocycles. The zero-order chi connectivity index (χ0) is 54.2. The molecule has 2 bridgehead atoms. The van der Waals surface area contributed by atoms with Crippen molar-refractivity contribution in [2.45, 2.75) is 134 Å². The number of carbonyl (C=O) groups is 2. The van der Waals surface area contributed by atoms with Crippen LogP contribution in [0.15, 0.2) is 89.7 Å². The number of benzene rings is 2. The van der Waals surface area contributed by atoms with Crippen LogP contribution in [0.1, 0.15) is 101 Å². The number of likely N-dealkylation sites (tertiary alicyclic amines) is 2.